The van der Waals surface area contributed by atoms with E-state index in [-0.39, 0.29) is 18.9 Å². The molecule has 0 fully saturated rings. The highest BCUT2D eigenvalue weighted by Crippen LogP contribution is 2.28. The molecule has 0 saturated heterocycles. The van der Waals surface area contributed by atoms with Crippen molar-refractivity contribution in [3.05, 3.63) is 95.3 Å². The van der Waals surface area contributed by atoms with Crippen LogP contribution in [0.25, 0.3) is 30.4 Å². The number of aromatic nitrogens is 4. The van der Waals surface area contributed by atoms with Crippen LogP contribution in [0.2, 0.25) is 0 Å². The molecule has 0 unspecified atom stereocenters. The molecular formula is C35H40N4O5. The van der Waals surface area contributed by atoms with Gasteiger partial charge in [0.2, 0.25) is 0 Å². The van der Waals surface area contributed by atoms with Gasteiger partial charge in [0.15, 0.2) is 0 Å². The third-order valence-electron chi connectivity index (χ3n) is 8.93. The van der Waals surface area contributed by atoms with Gasteiger partial charge >= 0.3 is 11.9 Å². The number of carbonyl (C=O) groups is 2. The summed E-state index contributed by atoms with van der Waals surface area (Å²) in [5, 5.41) is 22.5. The van der Waals surface area contributed by atoms with Gasteiger partial charge in [0.1, 0.15) is 0 Å². The fraction of sp³-hybridized carbons (Fsp3) is 0.314. The lowest BCUT2D eigenvalue weighted by atomic mass is 10.0. The van der Waals surface area contributed by atoms with Crippen LogP contribution in [-0.4, -0.2) is 49.2 Å². The molecule has 0 saturated carbocycles. The Kier molecular flexibility index (Phi) is 8.43. The van der Waals surface area contributed by atoms with Crippen molar-refractivity contribution < 1.29 is 24.5 Å². The number of rotatable bonds is 9. The van der Waals surface area contributed by atoms with Gasteiger partial charge in [-0.05, 0) is 105 Å². The Bertz CT molecular complexity index is 2050. The molecule has 0 radical (unpaired) electrons. The molecule has 44 heavy (non-hydrogen) atoms. The molecule has 1 aliphatic heterocycles. The Morgan fingerprint density at radius 1 is 0.727 bits per heavy atom. The number of carboxylic acid groups (broad SMARTS) is 2. The number of H-pyrrole nitrogens is 4. The number of aromatic amines is 4. The molecule has 4 aromatic heterocycles. The van der Waals surface area contributed by atoms with Crippen LogP contribution in [0.3, 0.4) is 0 Å². The summed E-state index contributed by atoms with van der Waals surface area (Å²) in [4.78, 5) is 37.5. The fourth-order valence-electron chi connectivity index (χ4n) is 6.31. The molecule has 6 N–H and O–H groups in total. The van der Waals surface area contributed by atoms with Gasteiger partial charge in [-0.15, -0.1) is 0 Å². The summed E-state index contributed by atoms with van der Waals surface area (Å²) in [5.41, 5.74) is 11.4. The third kappa shape index (κ3) is 5.63. The van der Waals surface area contributed by atoms with Gasteiger partial charge in [0, 0.05) is 75.3 Å². The van der Waals surface area contributed by atoms with E-state index in [1.807, 2.05) is 32.9 Å². The summed E-state index contributed by atoms with van der Waals surface area (Å²) >= 11 is 0. The summed E-state index contributed by atoms with van der Waals surface area (Å²) in [6, 6.07) is 0. The van der Waals surface area contributed by atoms with Crippen LogP contribution < -0.4 is 21.4 Å². The number of ether oxygens (including phenoxy) is 1. The summed E-state index contributed by atoms with van der Waals surface area (Å²) in [7, 11) is 1.69. The minimum atomic E-state index is -0.869. The second-order valence-corrected chi connectivity index (χ2v) is 11.5. The first-order valence-corrected chi connectivity index (χ1v) is 14.8. The second-order valence-electron chi connectivity index (χ2n) is 11.5. The van der Waals surface area contributed by atoms with Gasteiger partial charge in [-0.2, -0.15) is 0 Å². The topological polar surface area (TPSA) is 147 Å². The van der Waals surface area contributed by atoms with Crippen molar-refractivity contribution in [2.24, 2.45) is 0 Å². The molecular weight excluding hydrogens is 556 g/mol. The first-order valence-electron chi connectivity index (χ1n) is 14.8. The average molecular weight is 597 g/mol. The molecule has 9 heteroatoms. The SMILES string of the molecule is C=Cc1c(C)c2[nH]c1=Cc1[nH]c(c([C@H](C)OC)c1C)C=c1[nH]c(c(CCC(=O)O)c1C)=Cc1[nH]c(c(C)c1CCC(=O)O)C=2. The van der Waals surface area contributed by atoms with E-state index < -0.39 is 11.9 Å². The van der Waals surface area contributed by atoms with E-state index in [1.165, 1.54) is 0 Å². The maximum atomic E-state index is 11.6. The molecule has 0 spiro atoms. The van der Waals surface area contributed by atoms with Crippen LogP contribution in [0.1, 0.15) is 93.2 Å². The lowest BCUT2D eigenvalue weighted by Gasteiger charge is -2.11. The maximum Gasteiger partial charge on any atom is 0.303 e. The van der Waals surface area contributed by atoms with Gasteiger partial charge in [-0.25, -0.2) is 0 Å². The van der Waals surface area contributed by atoms with E-state index in [2.05, 4.69) is 58.6 Å². The number of hydrogen-bond acceptors (Lipinski definition) is 3. The standard InChI is InChI=1S/C35H40N4O5/c1-8-22-17(2)25-13-26-18(3)23(9-11-33(40)41)30(37-26)16-31-24(10-12-34(42)43)19(4)27(38-31)15-32-35(21(6)44-7)20(5)28(39-32)14-29(22)36-25/h8,13-16,21,36-39H,1,9-12H2,2-7H3,(H,40,41)(H,42,43)/t21-/m0/s1. The molecule has 5 heterocycles. The van der Waals surface area contributed by atoms with Crippen molar-refractivity contribution in [2.45, 2.75) is 66.4 Å². The Morgan fingerprint density at radius 3 is 1.89 bits per heavy atom. The van der Waals surface area contributed by atoms with E-state index in [1.54, 1.807) is 7.11 Å². The van der Waals surface area contributed by atoms with E-state index in [4.69, 9.17) is 4.74 Å². The molecule has 4 aromatic rings. The Hall–Kier alpha value is -4.76. The first-order chi connectivity index (χ1) is 20.9. The quantitative estimate of drug-likeness (QED) is 0.155. The van der Waals surface area contributed by atoms with Crippen LogP contribution in [0.4, 0.5) is 0 Å². The lowest BCUT2D eigenvalue weighted by molar-refractivity contribution is -0.138. The van der Waals surface area contributed by atoms with Gasteiger partial charge in [-0.1, -0.05) is 12.7 Å². The molecule has 1 atom stereocenters. The molecule has 8 bridgehead atoms. The number of aliphatic carboxylic acids is 2. The van der Waals surface area contributed by atoms with Crippen LogP contribution in [-0.2, 0) is 27.2 Å². The molecule has 0 aromatic carbocycles. The largest absolute Gasteiger partial charge is 0.481 e. The molecule has 5 rings (SSSR count). The monoisotopic (exact) mass is 596 g/mol. The minimum absolute atomic E-state index is 0.0103. The highest BCUT2D eigenvalue weighted by atomic mass is 16.5. The van der Waals surface area contributed by atoms with Crippen LogP contribution >= 0.6 is 0 Å². The van der Waals surface area contributed by atoms with E-state index in [9.17, 15) is 19.8 Å². The zero-order valence-electron chi connectivity index (χ0n) is 26.1. The van der Waals surface area contributed by atoms with Gasteiger partial charge in [-0.3, -0.25) is 9.59 Å². The minimum Gasteiger partial charge on any atom is -0.481 e. The summed E-state index contributed by atoms with van der Waals surface area (Å²) < 4.78 is 5.78. The highest BCUT2D eigenvalue weighted by molar-refractivity contribution is 5.70. The van der Waals surface area contributed by atoms with Crippen LogP contribution in [0.5, 0.6) is 0 Å². The highest BCUT2D eigenvalue weighted by Gasteiger charge is 2.20. The van der Waals surface area contributed by atoms with E-state index in [0.29, 0.717) is 12.8 Å². The molecule has 0 amide bonds. The number of hydrogen-bond donors (Lipinski definition) is 6. The zero-order chi connectivity index (χ0) is 31.9. The number of nitrogens with one attached hydrogen (secondary N) is 4. The fourth-order valence-corrected chi connectivity index (χ4v) is 6.31. The first kappa shape index (κ1) is 30.7. The van der Waals surface area contributed by atoms with Crippen molar-refractivity contribution >= 4 is 42.3 Å². The molecule has 1 aliphatic rings. The van der Waals surface area contributed by atoms with Crippen LogP contribution in [0.15, 0.2) is 6.58 Å². The summed E-state index contributed by atoms with van der Waals surface area (Å²) in [5.74, 6) is -1.74. The van der Waals surface area contributed by atoms with Crippen molar-refractivity contribution in [2.75, 3.05) is 7.11 Å². The molecule has 230 valence electrons. The molecule has 9 nitrogen and oxygen atoms in total. The average Bonchev–Trinajstić information content (AvgIpc) is 3.63. The lowest BCUT2D eigenvalue weighted by Crippen LogP contribution is -2.14. The van der Waals surface area contributed by atoms with Gasteiger partial charge in [0.25, 0.3) is 0 Å². The van der Waals surface area contributed by atoms with Crippen molar-refractivity contribution in [3.63, 3.8) is 0 Å². The van der Waals surface area contributed by atoms with Crippen molar-refractivity contribution in [1.82, 2.24) is 19.9 Å². The predicted octanol–water partition coefficient (Wildman–Crippen LogP) is 3.25. The zero-order valence-corrected chi connectivity index (χ0v) is 26.1. The Balaban J connectivity index is 1.93. The number of carboxylic acids is 2. The Morgan fingerprint density at radius 2 is 1.25 bits per heavy atom. The second kappa shape index (κ2) is 12.1. The normalized spacial score (nSPS) is 13.0. The smallest absolute Gasteiger partial charge is 0.303 e. The van der Waals surface area contributed by atoms with E-state index in [0.717, 1.165) is 88.7 Å². The van der Waals surface area contributed by atoms with Crippen LogP contribution in [0, 0.1) is 27.7 Å². The van der Waals surface area contributed by atoms with Gasteiger partial charge in [0.05, 0.1) is 6.10 Å². The predicted molar refractivity (Wildman–Crippen MR) is 172 cm³/mol. The van der Waals surface area contributed by atoms with Gasteiger partial charge < -0.3 is 34.9 Å². The summed E-state index contributed by atoms with van der Waals surface area (Å²) in [6.07, 6.45) is 10.5. The van der Waals surface area contributed by atoms with E-state index >= 15 is 0 Å². The summed E-state index contributed by atoms with van der Waals surface area (Å²) in [6.45, 7) is 14.2. The number of methoxy groups -OCH3 is 1. The van der Waals surface area contributed by atoms with Crippen molar-refractivity contribution in [1.29, 1.82) is 0 Å². The molecule has 0 aliphatic carbocycles. The maximum absolute atomic E-state index is 11.6. The Labute approximate surface area is 255 Å². The van der Waals surface area contributed by atoms with Crippen molar-refractivity contribution in [3.8, 4) is 0 Å². The number of fused-ring (bicyclic) bond motifs is 8. The third-order valence-corrected chi connectivity index (χ3v) is 8.93.